The Kier molecular flexibility index (Phi) is 6.18. The second kappa shape index (κ2) is 9.00. The van der Waals surface area contributed by atoms with E-state index in [-0.39, 0.29) is 0 Å². The number of ether oxygens (including phenoxy) is 1. The van der Waals surface area contributed by atoms with Crippen molar-refractivity contribution in [2.24, 2.45) is 5.92 Å². The fraction of sp³-hybridized carbons (Fsp3) is 0.261. The maximum atomic E-state index is 12.5. The Balaban J connectivity index is 1.48. The van der Waals surface area contributed by atoms with Crippen LogP contribution in [0.1, 0.15) is 11.3 Å². The highest BCUT2D eigenvalue weighted by Crippen LogP contribution is 2.36. The molecule has 0 saturated heterocycles. The van der Waals surface area contributed by atoms with Gasteiger partial charge < -0.3 is 9.46 Å². The summed E-state index contributed by atoms with van der Waals surface area (Å²) in [6.45, 7) is 0.619. The van der Waals surface area contributed by atoms with E-state index in [1.165, 1.54) is 0 Å². The molecule has 1 aromatic heterocycles. The molecule has 4 rings (SSSR count). The molecule has 156 valence electrons. The van der Waals surface area contributed by atoms with Crippen LogP contribution in [0.4, 0.5) is 18.9 Å². The third kappa shape index (κ3) is 5.27. The number of hydrogen-bond donors (Lipinski definition) is 1. The lowest BCUT2D eigenvalue weighted by atomic mass is 9.91. The van der Waals surface area contributed by atoms with Crippen LogP contribution in [0.5, 0.6) is 5.75 Å². The molecule has 3 nitrogen and oxygen atoms in total. The molecule has 1 aliphatic rings. The molecule has 2 heterocycles. The number of nitrogens with one attached hydrogen (secondary N) is 1. The molecule has 3 aromatic rings. The van der Waals surface area contributed by atoms with Gasteiger partial charge in [0.05, 0.1) is 12.3 Å². The van der Waals surface area contributed by atoms with Gasteiger partial charge in [0, 0.05) is 23.4 Å². The molecule has 0 bridgehead atoms. The van der Waals surface area contributed by atoms with Gasteiger partial charge in [0.25, 0.3) is 0 Å². The van der Waals surface area contributed by atoms with Gasteiger partial charge in [-0.2, -0.15) is 13.2 Å². The molecule has 1 N–H and O–H groups in total. The molecule has 1 atom stereocenters. The summed E-state index contributed by atoms with van der Waals surface area (Å²) in [4.78, 5) is 4.40. The van der Waals surface area contributed by atoms with Crippen molar-refractivity contribution >= 4 is 17.6 Å². The quantitative estimate of drug-likeness (QED) is 0.475. The second-order valence-corrected chi connectivity index (χ2v) is 8.06. The molecule has 0 unspecified atom stereocenters. The Morgan fingerprint density at radius 1 is 1.07 bits per heavy atom. The summed E-state index contributed by atoms with van der Waals surface area (Å²) in [7, 11) is 0. The first-order chi connectivity index (χ1) is 14.5. The van der Waals surface area contributed by atoms with Crippen molar-refractivity contribution in [3.05, 3.63) is 78.1 Å². The SMILES string of the molecule is FC(F)(F)CSNc1ccccc1-c1ccc2c(c1)OC[C@H](Cc1ccccn1)C2. The van der Waals surface area contributed by atoms with Crippen LogP contribution in [0.15, 0.2) is 66.9 Å². The molecule has 0 amide bonds. The highest BCUT2D eigenvalue weighted by Gasteiger charge is 2.27. The fourth-order valence-electron chi connectivity index (χ4n) is 3.57. The van der Waals surface area contributed by atoms with E-state index in [1.807, 2.05) is 42.5 Å². The van der Waals surface area contributed by atoms with Gasteiger partial charge in [-0.15, -0.1) is 0 Å². The monoisotopic (exact) mass is 430 g/mol. The number of nitrogens with zero attached hydrogens (tertiary/aromatic N) is 1. The Hall–Kier alpha value is -2.67. The summed E-state index contributed by atoms with van der Waals surface area (Å²) in [5, 5.41) is 0. The van der Waals surface area contributed by atoms with Gasteiger partial charge in [0.2, 0.25) is 0 Å². The minimum Gasteiger partial charge on any atom is -0.493 e. The molecule has 0 spiro atoms. The molecular formula is C23H21F3N2OS. The first-order valence-corrected chi connectivity index (χ1v) is 10.7. The largest absolute Gasteiger partial charge is 0.493 e. The zero-order chi connectivity index (χ0) is 21.0. The molecule has 0 radical (unpaired) electrons. The smallest absolute Gasteiger partial charge is 0.399 e. The fourth-order valence-corrected chi connectivity index (χ4v) is 4.14. The minimum atomic E-state index is -4.21. The maximum Gasteiger partial charge on any atom is 0.399 e. The summed E-state index contributed by atoms with van der Waals surface area (Å²) in [5.74, 6) is 0.250. The van der Waals surface area contributed by atoms with Crippen molar-refractivity contribution in [2.75, 3.05) is 17.1 Å². The van der Waals surface area contributed by atoms with Gasteiger partial charge in [0.15, 0.2) is 0 Å². The number of pyridine rings is 1. The van der Waals surface area contributed by atoms with Crippen LogP contribution in [0.25, 0.3) is 11.1 Å². The Labute approximate surface area is 177 Å². The van der Waals surface area contributed by atoms with Crippen LogP contribution in [0.2, 0.25) is 0 Å². The van der Waals surface area contributed by atoms with Crippen molar-refractivity contribution in [1.29, 1.82) is 0 Å². The number of anilines is 1. The van der Waals surface area contributed by atoms with Crippen molar-refractivity contribution < 1.29 is 17.9 Å². The second-order valence-electron chi connectivity index (χ2n) is 7.28. The number of benzene rings is 2. The van der Waals surface area contributed by atoms with Gasteiger partial charge in [-0.1, -0.05) is 36.4 Å². The summed E-state index contributed by atoms with van der Waals surface area (Å²) >= 11 is 0.640. The highest BCUT2D eigenvalue weighted by atomic mass is 32.2. The minimum absolute atomic E-state index is 0.367. The number of aromatic nitrogens is 1. The highest BCUT2D eigenvalue weighted by molar-refractivity contribution is 8.00. The average molecular weight is 430 g/mol. The van der Waals surface area contributed by atoms with E-state index in [4.69, 9.17) is 4.74 Å². The number of rotatable bonds is 6. The molecule has 1 aliphatic heterocycles. The molecular weight excluding hydrogens is 409 g/mol. The van der Waals surface area contributed by atoms with E-state index in [2.05, 4.69) is 15.8 Å². The van der Waals surface area contributed by atoms with Crippen LogP contribution in [0.3, 0.4) is 0 Å². The summed E-state index contributed by atoms with van der Waals surface area (Å²) in [5.41, 5.74) is 4.60. The lowest BCUT2D eigenvalue weighted by Crippen LogP contribution is -2.23. The number of fused-ring (bicyclic) bond motifs is 1. The van der Waals surface area contributed by atoms with E-state index in [0.29, 0.717) is 30.2 Å². The van der Waals surface area contributed by atoms with Gasteiger partial charge in [0.1, 0.15) is 11.5 Å². The van der Waals surface area contributed by atoms with E-state index in [9.17, 15) is 13.2 Å². The van der Waals surface area contributed by atoms with Crippen LogP contribution in [-0.2, 0) is 12.8 Å². The van der Waals surface area contributed by atoms with Crippen molar-refractivity contribution in [1.82, 2.24) is 4.98 Å². The van der Waals surface area contributed by atoms with Crippen LogP contribution in [0, 0.1) is 5.92 Å². The third-order valence-electron chi connectivity index (χ3n) is 4.93. The van der Waals surface area contributed by atoms with E-state index in [1.54, 1.807) is 18.3 Å². The van der Waals surface area contributed by atoms with E-state index >= 15 is 0 Å². The lowest BCUT2D eigenvalue weighted by molar-refractivity contribution is -0.105. The standard InChI is InChI=1S/C23H21F3N2OS/c24-23(25,26)15-30-28-21-7-2-1-6-20(21)17-8-9-18-11-16(14-29-22(18)13-17)12-19-5-3-4-10-27-19/h1-10,13,16,28H,11-12,14-15H2/t16-/m0/s1. The van der Waals surface area contributed by atoms with Gasteiger partial charge in [-0.25, -0.2) is 0 Å². The van der Waals surface area contributed by atoms with Gasteiger partial charge in [-0.3, -0.25) is 4.98 Å². The van der Waals surface area contributed by atoms with Crippen molar-refractivity contribution in [2.45, 2.75) is 19.0 Å². The van der Waals surface area contributed by atoms with Gasteiger partial charge >= 0.3 is 6.18 Å². The number of hydrogen-bond acceptors (Lipinski definition) is 4. The predicted molar refractivity (Wildman–Crippen MR) is 115 cm³/mol. The van der Waals surface area contributed by atoms with Gasteiger partial charge in [-0.05, 0) is 60.2 Å². The first kappa shape index (κ1) is 20.6. The number of halogens is 3. The summed E-state index contributed by atoms with van der Waals surface area (Å²) in [6.07, 6.45) is -0.630. The van der Waals surface area contributed by atoms with Crippen molar-refractivity contribution in [3.63, 3.8) is 0 Å². The van der Waals surface area contributed by atoms with Crippen LogP contribution < -0.4 is 9.46 Å². The van der Waals surface area contributed by atoms with E-state index < -0.39 is 11.9 Å². The van der Waals surface area contributed by atoms with E-state index in [0.717, 1.165) is 41.0 Å². The topological polar surface area (TPSA) is 34.1 Å². The van der Waals surface area contributed by atoms with Crippen LogP contribution >= 0.6 is 11.9 Å². The van der Waals surface area contributed by atoms with Crippen molar-refractivity contribution in [3.8, 4) is 16.9 Å². The Bertz CT molecular complexity index is 995. The molecule has 2 aromatic carbocycles. The van der Waals surface area contributed by atoms with Crippen LogP contribution in [-0.4, -0.2) is 23.5 Å². The Morgan fingerprint density at radius 2 is 1.90 bits per heavy atom. The zero-order valence-electron chi connectivity index (χ0n) is 16.2. The summed E-state index contributed by atoms with van der Waals surface area (Å²) < 4.78 is 46.2. The lowest BCUT2D eigenvalue weighted by Gasteiger charge is -2.26. The normalized spacial score (nSPS) is 15.9. The first-order valence-electron chi connectivity index (χ1n) is 9.67. The average Bonchev–Trinajstić information content (AvgIpc) is 2.74. The Morgan fingerprint density at radius 3 is 2.70 bits per heavy atom. The predicted octanol–water partition coefficient (Wildman–Crippen LogP) is 6.16. The molecule has 0 aliphatic carbocycles. The zero-order valence-corrected chi connectivity index (χ0v) is 17.0. The number of para-hydroxylation sites is 1. The molecule has 7 heteroatoms. The summed E-state index contributed by atoms with van der Waals surface area (Å²) in [6, 6.07) is 19.3. The molecule has 30 heavy (non-hydrogen) atoms. The third-order valence-corrected chi connectivity index (χ3v) is 5.77. The maximum absolute atomic E-state index is 12.5. The number of alkyl halides is 3. The molecule has 0 saturated carbocycles. The molecule has 0 fully saturated rings.